The SMILES string of the molecule is O=C(Nc1ccc(N2CCN(Cc3ccccc3F)CC2)cc1)c1ccc(Cl)cc1. The molecule has 30 heavy (non-hydrogen) atoms. The molecule has 0 aromatic heterocycles. The van der Waals surface area contributed by atoms with Crippen LogP contribution in [0.4, 0.5) is 15.8 Å². The Morgan fingerprint density at radius 1 is 0.900 bits per heavy atom. The van der Waals surface area contributed by atoms with Crippen LogP contribution < -0.4 is 10.2 Å². The molecule has 0 aliphatic carbocycles. The number of halogens is 2. The fourth-order valence-corrected chi connectivity index (χ4v) is 3.72. The minimum atomic E-state index is -0.166. The van der Waals surface area contributed by atoms with E-state index in [0.29, 0.717) is 17.1 Å². The molecule has 1 aliphatic heterocycles. The molecule has 154 valence electrons. The number of anilines is 2. The van der Waals surface area contributed by atoms with Gasteiger partial charge in [0.1, 0.15) is 5.82 Å². The van der Waals surface area contributed by atoms with E-state index in [1.165, 1.54) is 6.07 Å². The molecule has 0 saturated carbocycles. The second-order valence-corrected chi connectivity index (χ2v) is 7.80. The molecule has 1 saturated heterocycles. The molecule has 4 nitrogen and oxygen atoms in total. The van der Waals surface area contributed by atoms with Crippen molar-refractivity contribution in [2.45, 2.75) is 6.54 Å². The summed E-state index contributed by atoms with van der Waals surface area (Å²) >= 11 is 5.87. The molecule has 0 unspecified atom stereocenters. The number of carbonyl (C=O) groups excluding carboxylic acids is 1. The van der Waals surface area contributed by atoms with Crippen LogP contribution in [0.3, 0.4) is 0 Å². The van der Waals surface area contributed by atoms with Crippen molar-refractivity contribution in [3.8, 4) is 0 Å². The fraction of sp³-hybridized carbons (Fsp3) is 0.208. The highest BCUT2D eigenvalue weighted by Crippen LogP contribution is 2.21. The molecule has 0 radical (unpaired) electrons. The summed E-state index contributed by atoms with van der Waals surface area (Å²) in [4.78, 5) is 16.9. The minimum absolute atomic E-state index is 0.142. The Kier molecular flexibility index (Phi) is 6.31. The number of amides is 1. The Morgan fingerprint density at radius 2 is 1.57 bits per heavy atom. The number of hydrogen-bond donors (Lipinski definition) is 1. The molecule has 1 amide bonds. The molecule has 6 heteroatoms. The molecule has 0 bridgehead atoms. The molecule has 0 spiro atoms. The van der Waals surface area contributed by atoms with Crippen molar-refractivity contribution in [2.24, 2.45) is 0 Å². The van der Waals surface area contributed by atoms with Gasteiger partial charge in [-0.25, -0.2) is 4.39 Å². The zero-order valence-electron chi connectivity index (χ0n) is 16.5. The lowest BCUT2D eigenvalue weighted by Gasteiger charge is -2.36. The highest BCUT2D eigenvalue weighted by atomic mass is 35.5. The van der Waals surface area contributed by atoms with E-state index in [1.807, 2.05) is 36.4 Å². The summed E-state index contributed by atoms with van der Waals surface area (Å²) < 4.78 is 13.9. The van der Waals surface area contributed by atoms with Crippen molar-refractivity contribution >= 4 is 28.9 Å². The third kappa shape index (κ3) is 4.99. The van der Waals surface area contributed by atoms with E-state index in [0.717, 1.165) is 43.1 Å². The molecule has 1 aliphatic rings. The quantitative estimate of drug-likeness (QED) is 0.623. The monoisotopic (exact) mass is 423 g/mol. The number of rotatable bonds is 5. The third-order valence-corrected chi connectivity index (χ3v) is 5.57. The molecular weight excluding hydrogens is 401 g/mol. The minimum Gasteiger partial charge on any atom is -0.369 e. The standard InChI is InChI=1S/C24H23ClFN3O/c25-20-7-5-18(6-8-20)24(30)27-21-9-11-22(12-10-21)29-15-13-28(14-16-29)17-19-3-1-2-4-23(19)26/h1-12H,13-17H2,(H,27,30). The average molecular weight is 424 g/mol. The molecule has 4 rings (SSSR count). The zero-order valence-corrected chi connectivity index (χ0v) is 17.3. The van der Waals surface area contributed by atoms with Gasteiger partial charge < -0.3 is 10.2 Å². The lowest BCUT2D eigenvalue weighted by atomic mass is 10.1. The van der Waals surface area contributed by atoms with E-state index in [9.17, 15) is 9.18 Å². The Labute approximate surface area is 180 Å². The van der Waals surface area contributed by atoms with Gasteiger partial charge in [-0.2, -0.15) is 0 Å². The van der Waals surface area contributed by atoms with E-state index in [4.69, 9.17) is 11.6 Å². The fourth-order valence-electron chi connectivity index (χ4n) is 3.59. The highest BCUT2D eigenvalue weighted by molar-refractivity contribution is 6.30. The smallest absolute Gasteiger partial charge is 0.255 e. The summed E-state index contributed by atoms with van der Waals surface area (Å²) in [5.41, 5.74) is 3.17. The summed E-state index contributed by atoms with van der Waals surface area (Å²) in [5.74, 6) is -0.308. The Balaban J connectivity index is 1.31. The lowest BCUT2D eigenvalue weighted by molar-refractivity contribution is 0.102. The van der Waals surface area contributed by atoms with Crippen LogP contribution in [0.2, 0.25) is 5.02 Å². The van der Waals surface area contributed by atoms with Crippen LogP contribution in [0, 0.1) is 5.82 Å². The maximum Gasteiger partial charge on any atom is 0.255 e. The topological polar surface area (TPSA) is 35.6 Å². The van der Waals surface area contributed by atoms with Crippen LogP contribution in [0.25, 0.3) is 0 Å². The predicted molar refractivity (Wildman–Crippen MR) is 120 cm³/mol. The zero-order chi connectivity index (χ0) is 20.9. The summed E-state index contributed by atoms with van der Waals surface area (Å²) in [6.45, 7) is 4.15. The molecule has 1 N–H and O–H groups in total. The van der Waals surface area contributed by atoms with Gasteiger partial charge in [0.15, 0.2) is 0 Å². The number of carbonyl (C=O) groups is 1. The van der Waals surface area contributed by atoms with Gasteiger partial charge in [0.05, 0.1) is 0 Å². The summed E-state index contributed by atoms with van der Waals surface area (Å²) in [7, 11) is 0. The van der Waals surface area contributed by atoms with Crippen molar-refractivity contribution in [3.63, 3.8) is 0 Å². The van der Waals surface area contributed by atoms with Crippen molar-refractivity contribution in [1.29, 1.82) is 0 Å². The molecule has 1 heterocycles. The lowest BCUT2D eigenvalue weighted by Crippen LogP contribution is -2.46. The summed E-state index contributed by atoms with van der Waals surface area (Å²) in [5, 5.41) is 3.50. The average Bonchev–Trinajstić information content (AvgIpc) is 2.77. The first-order valence-electron chi connectivity index (χ1n) is 9.96. The molecule has 3 aromatic rings. The molecule has 0 atom stereocenters. The van der Waals surface area contributed by atoms with Crippen LogP contribution >= 0.6 is 11.6 Å². The van der Waals surface area contributed by atoms with E-state index >= 15 is 0 Å². The van der Waals surface area contributed by atoms with Gasteiger partial charge in [-0.1, -0.05) is 29.8 Å². The largest absolute Gasteiger partial charge is 0.369 e. The summed E-state index contributed by atoms with van der Waals surface area (Å²) in [6, 6.07) is 21.6. The first-order valence-corrected chi connectivity index (χ1v) is 10.3. The first-order chi connectivity index (χ1) is 14.6. The van der Waals surface area contributed by atoms with Gasteiger partial charge in [0.25, 0.3) is 5.91 Å². The maximum atomic E-state index is 13.9. The Hall–Kier alpha value is -2.89. The van der Waals surface area contributed by atoms with E-state index in [2.05, 4.69) is 15.1 Å². The van der Waals surface area contributed by atoms with Crippen LogP contribution in [0.5, 0.6) is 0 Å². The predicted octanol–water partition coefficient (Wildman–Crippen LogP) is 5.05. The first kappa shape index (κ1) is 20.4. The Bertz CT molecular complexity index is 1000. The van der Waals surface area contributed by atoms with Crippen molar-refractivity contribution in [3.05, 3.63) is 94.8 Å². The number of hydrogen-bond acceptors (Lipinski definition) is 3. The number of benzene rings is 3. The molecular formula is C24H23ClFN3O. The molecule has 1 fully saturated rings. The van der Waals surface area contributed by atoms with Crippen molar-refractivity contribution in [1.82, 2.24) is 4.90 Å². The summed E-state index contributed by atoms with van der Waals surface area (Å²) in [6.07, 6.45) is 0. The second kappa shape index (κ2) is 9.28. The van der Waals surface area contributed by atoms with Crippen molar-refractivity contribution < 1.29 is 9.18 Å². The van der Waals surface area contributed by atoms with Crippen LogP contribution in [-0.4, -0.2) is 37.0 Å². The second-order valence-electron chi connectivity index (χ2n) is 7.36. The number of piperazine rings is 1. The van der Waals surface area contributed by atoms with Gasteiger partial charge in [0.2, 0.25) is 0 Å². The Morgan fingerprint density at radius 3 is 2.23 bits per heavy atom. The highest BCUT2D eigenvalue weighted by Gasteiger charge is 2.18. The van der Waals surface area contributed by atoms with Gasteiger partial charge >= 0.3 is 0 Å². The van der Waals surface area contributed by atoms with E-state index in [-0.39, 0.29) is 11.7 Å². The number of nitrogens with one attached hydrogen (secondary N) is 1. The van der Waals surface area contributed by atoms with Gasteiger partial charge in [-0.15, -0.1) is 0 Å². The van der Waals surface area contributed by atoms with Gasteiger partial charge in [-0.05, 0) is 54.6 Å². The van der Waals surface area contributed by atoms with Gasteiger partial charge in [0, 0.05) is 60.2 Å². The molecule has 3 aromatic carbocycles. The van der Waals surface area contributed by atoms with E-state index in [1.54, 1.807) is 30.3 Å². The third-order valence-electron chi connectivity index (χ3n) is 5.32. The van der Waals surface area contributed by atoms with Crippen LogP contribution in [0.15, 0.2) is 72.8 Å². The van der Waals surface area contributed by atoms with Gasteiger partial charge in [-0.3, -0.25) is 9.69 Å². The normalized spacial score (nSPS) is 14.5. The van der Waals surface area contributed by atoms with E-state index < -0.39 is 0 Å². The maximum absolute atomic E-state index is 13.9. The van der Waals surface area contributed by atoms with Crippen molar-refractivity contribution in [2.75, 3.05) is 36.4 Å². The van der Waals surface area contributed by atoms with Crippen LogP contribution in [0.1, 0.15) is 15.9 Å². The number of nitrogens with zero attached hydrogens (tertiary/aromatic N) is 2. The van der Waals surface area contributed by atoms with Crippen LogP contribution in [-0.2, 0) is 6.54 Å².